The van der Waals surface area contributed by atoms with Crippen LogP contribution in [0.2, 0.25) is 0 Å². The van der Waals surface area contributed by atoms with Crippen LogP contribution in [0.15, 0.2) is 24.3 Å². The lowest BCUT2D eigenvalue weighted by Gasteiger charge is -2.30. The second-order valence-corrected chi connectivity index (χ2v) is 7.47. The van der Waals surface area contributed by atoms with Crippen molar-refractivity contribution in [3.05, 3.63) is 41.5 Å². The van der Waals surface area contributed by atoms with Crippen molar-refractivity contribution in [3.63, 3.8) is 0 Å². The van der Waals surface area contributed by atoms with Gasteiger partial charge in [-0.3, -0.25) is 4.79 Å². The van der Waals surface area contributed by atoms with Gasteiger partial charge in [-0.05, 0) is 49.8 Å². The largest absolute Gasteiger partial charge is 0.346 e. The quantitative estimate of drug-likeness (QED) is 0.863. The summed E-state index contributed by atoms with van der Waals surface area (Å²) in [7, 11) is 0. The van der Waals surface area contributed by atoms with Gasteiger partial charge >= 0.3 is 0 Å². The number of hydrogen-bond acceptors (Lipinski definition) is 4. The minimum absolute atomic E-state index is 0.122. The smallest absolute Gasteiger partial charge is 0.291 e. The van der Waals surface area contributed by atoms with Crippen molar-refractivity contribution in [3.8, 4) is 5.69 Å². The van der Waals surface area contributed by atoms with E-state index in [0.717, 1.165) is 24.9 Å². The Labute approximate surface area is 155 Å². The summed E-state index contributed by atoms with van der Waals surface area (Å²) >= 11 is 0. The summed E-state index contributed by atoms with van der Waals surface area (Å²) in [6.45, 7) is 6.78. The molecule has 2 atom stereocenters. The van der Waals surface area contributed by atoms with E-state index < -0.39 is 0 Å². The van der Waals surface area contributed by atoms with Gasteiger partial charge < -0.3 is 11.1 Å². The Hall–Kier alpha value is -2.21. The first-order valence-corrected chi connectivity index (χ1v) is 9.55. The highest BCUT2D eigenvalue weighted by molar-refractivity contribution is 5.90. The third-order valence-corrected chi connectivity index (χ3v) is 5.29. The van der Waals surface area contributed by atoms with Crippen LogP contribution >= 0.6 is 0 Å². The van der Waals surface area contributed by atoms with E-state index in [-0.39, 0.29) is 17.8 Å². The van der Waals surface area contributed by atoms with Crippen molar-refractivity contribution in [2.45, 2.75) is 58.4 Å². The standard InChI is InChI=1S/C20H29N5O/c1-13(2)16-9-5-7-11-18(16)25-14(3)22-19(24-25)20(26)23-17-10-6-4-8-15(17)12-21/h5,7,9,11,13,15,17H,4,6,8,10,12,21H2,1-3H3,(H,23,26). The molecule has 2 unspecified atom stereocenters. The van der Waals surface area contributed by atoms with E-state index in [1.807, 2.05) is 25.1 Å². The maximum Gasteiger partial charge on any atom is 0.291 e. The molecule has 0 spiro atoms. The minimum Gasteiger partial charge on any atom is -0.346 e. The van der Waals surface area contributed by atoms with Gasteiger partial charge in [-0.25, -0.2) is 9.67 Å². The molecule has 26 heavy (non-hydrogen) atoms. The topological polar surface area (TPSA) is 85.8 Å². The zero-order valence-corrected chi connectivity index (χ0v) is 15.9. The first-order chi connectivity index (χ1) is 12.5. The van der Waals surface area contributed by atoms with Crippen LogP contribution in [0.1, 0.15) is 67.5 Å². The zero-order valence-electron chi connectivity index (χ0n) is 15.9. The van der Waals surface area contributed by atoms with Crippen molar-refractivity contribution in [2.24, 2.45) is 11.7 Å². The number of benzene rings is 1. The average Bonchev–Trinajstić information content (AvgIpc) is 3.04. The van der Waals surface area contributed by atoms with Gasteiger partial charge in [-0.2, -0.15) is 0 Å². The lowest BCUT2D eigenvalue weighted by Crippen LogP contribution is -2.45. The third-order valence-electron chi connectivity index (χ3n) is 5.29. The molecule has 6 nitrogen and oxygen atoms in total. The Bertz CT molecular complexity index is 767. The normalized spacial score (nSPS) is 20.3. The van der Waals surface area contributed by atoms with Crippen LogP contribution in [-0.4, -0.2) is 33.3 Å². The molecule has 0 aliphatic heterocycles. The summed E-state index contributed by atoms with van der Waals surface area (Å²) in [5.74, 6) is 1.43. The lowest BCUT2D eigenvalue weighted by molar-refractivity contribution is 0.0897. The van der Waals surface area contributed by atoms with Gasteiger partial charge in [0.05, 0.1) is 5.69 Å². The average molecular weight is 355 g/mol. The van der Waals surface area contributed by atoms with Gasteiger partial charge in [0, 0.05) is 6.04 Å². The summed E-state index contributed by atoms with van der Waals surface area (Å²) < 4.78 is 1.77. The van der Waals surface area contributed by atoms with Gasteiger partial charge in [-0.15, -0.1) is 5.10 Å². The number of aryl methyl sites for hydroxylation is 1. The Morgan fingerprint density at radius 3 is 2.77 bits per heavy atom. The van der Waals surface area contributed by atoms with E-state index in [1.165, 1.54) is 12.0 Å². The maximum atomic E-state index is 12.7. The van der Waals surface area contributed by atoms with Gasteiger partial charge in [-0.1, -0.05) is 44.9 Å². The molecule has 1 heterocycles. The number of nitrogens with one attached hydrogen (secondary N) is 1. The van der Waals surface area contributed by atoms with E-state index in [0.29, 0.717) is 24.2 Å². The molecule has 1 aromatic heterocycles. The fourth-order valence-corrected chi connectivity index (χ4v) is 3.80. The summed E-state index contributed by atoms with van der Waals surface area (Å²) in [5.41, 5.74) is 8.03. The van der Waals surface area contributed by atoms with Gasteiger partial charge in [0.25, 0.3) is 5.91 Å². The fourth-order valence-electron chi connectivity index (χ4n) is 3.80. The second kappa shape index (κ2) is 7.99. The van der Waals surface area contributed by atoms with Crippen LogP contribution in [0.4, 0.5) is 0 Å². The second-order valence-electron chi connectivity index (χ2n) is 7.47. The fraction of sp³-hybridized carbons (Fsp3) is 0.550. The molecule has 1 aliphatic rings. The molecular formula is C20H29N5O. The van der Waals surface area contributed by atoms with Crippen molar-refractivity contribution < 1.29 is 4.79 Å². The number of rotatable bonds is 5. The Balaban J connectivity index is 1.83. The molecule has 2 aromatic rings. The molecule has 0 radical (unpaired) electrons. The number of carbonyl (C=O) groups is 1. The molecule has 1 aliphatic carbocycles. The molecule has 140 valence electrons. The predicted molar refractivity (Wildman–Crippen MR) is 102 cm³/mol. The zero-order chi connectivity index (χ0) is 18.7. The molecule has 3 rings (SSSR count). The molecular weight excluding hydrogens is 326 g/mol. The van der Waals surface area contributed by atoms with Gasteiger partial charge in [0.1, 0.15) is 5.82 Å². The summed E-state index contributed by atoms with van der Waals surface area (Å²) in [6, 6.07) is 8.24. The summed E-state index contributed by atoms with van der Waals surface area (Å²) in [6.07, 6.45) is 4.36. The number of aromatic nitrogens is 3. The Kier molecular flexibility index (Phi) is 5.71. The molecule has 3 N–H and O–H groups in total. The maximum absolute atomic E-state index is 12.7. The molecule has 0 saturated heterocycles. The van der Waals surface area contributed by atoms with Gasteiger partial charge in [0.2, 0.25) is 5.82 Å². The molecule has 1 aromatic carbocycles. The van der Waals surface area contributed by atoms with E-state index >= 15 is 0 Å². The molecule has 0 bridgehead atoms. The van der Waals surface area contributed by atoms with Crippen molar-refractivity contribution in [2.75, 3.05) is 6.54 Å². The van der Waals surface area contributed by atoms with Crippen LogP contribution in [0.3, 0.4) is 0 Å². The monoisotopic (exact) mass is 355 g/mol. The number of carbonyl (C=O) groups excluding carboxylic acids is 1. The van der Waals surface area contributed by atoms with Crippen molar-refractivity contribution >= 4 is 5.91 Å². The highest BCUT2D eigenvalue weighted by Gasteiger charge is 2.27. The summed E-state index contributed by atoms with van der Waals surface area (Å²) in [5, 5.41) is 7.61. The number of amides is 1. The number of para-hydroxylation sites is 1. The van der Waals surface area contributed by atoms with E-state index in [2.05, 4.69) is 35.3 Å². The Morgan fingerprint density at radius 1 is 1.31 bits per heavy atom. The Morgan fingerprint density at radius 2 is 2.04 bits per heavy atom. The van der Waals surface area contributed by atoms with Crippen LogP contribution in [0.25, 0.3) is 5.69 Å². The molecule has 1 fully saturated rings. The summed E-state index contributed by atoms with van der Waals surface area (Å²) in [4.78, 5) is 17.1. The number of hydrogen-bond donors (Lipinski definition) is 2. The predicted octanol–water partition coefficient (Wildman–Crippen LogP) is 2.95. The number of nitrogens with two attached hydrogens (primary N) is 1. The van der Waals surface area contributed by atoms with Crippen LogP contribution in [0.5, 0.6) is 0 Å². The lowest BCUT2D eigenvalue weighted by atomic mass is 9.84. The van der Waals surface area contributed by atoms with Crippen molar-refractivity contribution in [1.82, 2.24) is 20.1 Å². The molecule has 1 amide bonds. The highest BCUT2D eigenvalue weighted by Crippen LogP contribution is 2.25. The first kappa shape index (κ1) is 18.6. The highest BCUT2D eigenvalue weighted by atomic mass is 16.2. The molecule has 6 heteroatoms. The first-order valence-electron chi connectivity index (χ1n) is 9.55. The van der Waals surface area contributed by atoms with Crippen LogP contribution < -0.4 is 11.1 Å². The third kappa shape index (κ3) is 3.80. The molecule has 1 saturated carbocycles. The van der Waals surface area contributed by atoms with Crippen LogP contribution in [0, 0.1) is 12.8 Å². The van der Waals surface area contributed by atoms with E-state index in [1.54, 1.807) is 4.68 Å². The van der Waals surface area contributed by atoms with Gasteiger partial charge in [0.15, 0.2) is 0 Å². The minimum atomic E-state index is -0.209. The van der Waals surface area contributed by atoms with E-state index in [4.69, 9.17) is 5.73 Å². The number of nitrogens with zero attached hydrogens (tertiary/aromatic N) is 3. The van der Waals surface area contributed by atoms with E-state index in [9.17, 15) is 4.79 Å². The van der Waals surface area contributed by atoms with Crippen LogP contribution in [-0.2, 0) is 0 Å². The SMILES string of the molecule is Cc1nc(C(=O)NC2CCCCC2CN)nn1-c1ccccc1C(C)C. The van der Waals surface area contributed by atoms with Crippen molar-refractivity contribution in [1.29, 1.82) is 0 Å².